The Labute approximate surface area is 239 Å². The SMILES string of the molecule is CC1c2nc(cs2)-c2ccc(C#N)cc2OP(=O)(OC(C)(C)C)OCO[C@@]1(Cn1cncn1)c1ccc(F)cc1F. The fourth-order valence-electron chi connectivity index (χ4n) is 4.50. The summed E-state index contributed by atoms with van der Waals surface area (Å²) in [6, 6.07) is 9.85. The molecule has 0 spiro atoms. The molecule has 2 bridgehead atoms. The van der Waals surface area contributed by atoms with Gasteiger partial charge in [-0.15, -0.1) is 11.3 Å². The first-order valence-corrected chi connectivity index (χ1v) is 14.8. The third-order valence-corrected chi connectivity index (χ3v) is 8.99. The standard InChI is InChI=1S/C27H26F2N5O5PS/c1-17-25-33-23(12-41-25)20-7-5-18(11-30)9-24(20)38-40(35,39-26(2,3)4)37-16-36-27(17,13-34-15-31-14-32-34)21-8-6-19(28)10-22(21)29/h5-10,12,14-15,17H,13,16H2,1-4H3/t17?,27-,40?/m1/s1. The van der Waals surface area contributed by atoms with Gasteiger partial charge in [0.2, 0.25) is 0 Å². The highest BCUT2D eigenvalue weighted by Crippen LogP contribution is 2.55. The monoisotopic (exact) mass is 601 g/mol. The minimum atomic E-state index is -4.44. The maximum atomic E-state index is 15.5. The molecule has 14 heteroatoms. The molecule has 1 aliphatic rings. The van der Waals surface area contributed by atoms with Crippen molar-refractivity contribution in [3.05, 3.63) is 82.2 Å². The van der Waals surface area contributed by atoms with E-state index in [0.29, 0.717) is 16.3 Å². The van der Waals surface area contributed by atoms with Crippen molar-refractivity contribution in [2.45, 2.75) is 51.4 Å². The zero-order valence-electron chi connectivity index (χ0n) is 22.6. The molecule has 1 aliphatic heterocycles. The first-order valence-electron chi connectivity index (χ1n) is 12.5. The van der Waals surface area contributed by atoms with Gasteiger partial charge in [0, 0.05) is 28.5 Å². The summed E-state index contributed by atoms with van der Waals surface area (Å²) in [7, 11) is -4.44. The maximum Gasteiger partial charge on any atom is 0.532 e. The minimum Gasteiger partial charge on any atom is -0.403 e. The number of phosphoric ester groups is 1. The molecule has 0 saturated carbocycles. The number of benzene rings is 2. The number of ether oxygens (including phenoxy) is 1. The highest BCUT2D eigenvalue weighted by Gasteiger charge is 2.46. The van der Waals surface area contributed by atoms with E-state index in [9.17, 15) is 14.2 Å². The highest BCUT2D eigenvalue weighted by molar-refractivity contribution is 7.49. The molecule has 214 valence electrons. The smallest absolute Gasteiger partial charge is 0.403 e. The topological polar surface area (TPSA) is 121 Å². The predicted octanol–water partition coefficient (Wildman–Crippen LogP) is 6.56. The molecular formula is C27H26F2N5O5PS. The number of halogens is 2. The van der Waals surface area contributed by atoms with Crippen molar-refractivity contribution in [3.8, 4) is 23.1 Å². The van der Waals surface area contributed by atoms with Gasteiger partial charge in [-0.1, -0.05) is 13.0 Å². The number of aromatic nitrogens is 4. The van der Waals surface area contributed by atoms with E-state index in [0.717, 1.165) is 12.1 Å². The van der Waals surface area contributed by atoms with E-state index in [1.54, 1.807) is 45.2 Å². The van der Waals surface area contributed by atoms with Gasteiger partial charge >= 0.3 is 7.82 Å². The second kappa shape index (κ2) is 11.0. The van der Waals surface area contributed by atoms with Crippen molar-refractivity contribution in [3.63, 3.8) is 0 Å². The molecule has 2 unspecified atom stereocenters. The Balaban J connectivity index is 1.73. The summed E-state index contributed by atoms with van der Waals surface area (Å²) in [6.07, 6.45) is 2.75. The van der Waals surface area contributed by atoms with Crippen LogP contribution < -0.4 is 4.52 Å². The molecule has 0 N–H and O–H groups in total. The normalized spacial score (nSPS) is 23.0. The average molecular weight is 602 g/mol. The van der Waals surface area contributed by atoms with Crippen LogP contribution in [0.2, 0.25) is 0 Å². The van der Waals surface area contributed by atoms with Gasteiger partial charge in [-0.3, -0.25) is 4.52 Å². The average Bonchev–Trinajstić information content (AvgIpc) is 3.58. The number of nitriles is 1. The lowest BCUT2D eigenvalue weighted by Crippen LogP contribution is -2.41. The molecule has 0 aliphatic carbocycles. The number of phosphoric acid groups is 1. The number of fused-ring (bicyclic) bond motifs is 4. The summed E-state index contributed by atoms with van der Waals surface area (Å²) in [5, 5.41) is 16.0. The van der Waals surface area contributed by atoms with Gasteiger partial charge in [-0.05, 0) is 45.0 Å². The highest BCUT2D eigenvalue weighted by atomic mass is 32.1. The van der Waals surface area contributed by atoms with Crippen LogP contribution in [0.25, 0.3) is 11.3 Å². The second-order valence-corrected chi connectivity index (χ2v) is 12.8. The Hall–Kier alpha value is -3.53. The Morgan fingerprint density at radius 2 is 2.07 bits per heavy atom. The number of thiazole rings is 1. The summed E-state index contributed by atoms with van der Waals surface area (Å²) >= 11 is 1.29. The molecule has 0 saturated heterocycles. The van der Waals surface area contributed by atoms with E-state index in [1.165, 1.54) is 40.8 Å². The largest absolute Gasteiger partial charge is 0.532 e. The fourth-order valence-corrected chi connectivity index (χ4v) is 6.85. The van der Waals surface area contributed by atoms with Crippen LogP contribution in [0.3, 0.4) is 0 Å². The molecule has 0 radical (unpaired) electrons. The van der Waals surface area contributed by atoms with Gasteiger partial charge in [-0.25, -0.2) is 32.5 Å². The van der Waals surface area contributed by atoms with Gasteiger partial charge in [0.1, 0.15) is 35.6 Å². The van der Waals surface area contributed by atoms with Gasteiger partial charge < -0.3 is 9.26 Å². The molecule has 3 heterocycles. The molecule has 4 aromatic rings. The number of hydrogen-bond donors (Lipinski definition) is 0. The quantitative estimate of drug-likeness (QED) is 0.240. The molecule has 2 aromatic heterocycles. The Morgan fingerprint density at radius 3 is 2.76 bits per heavy atom. The predicted molar refractivity (Wildman–Crippen MR) is 145 cm³/mol. The lowest BCUT2D eigenvalue weighted by atomic mass is 9.81. The van der Waals surface area contributed by atoms with Crippen molar-refractivity contribution < 1.29 is 31.7 Å². The van der Waals surface area contributed by atoms with Crippen molar-refractivity contribution in [2.75, 3.05) is 6.79 Å². The maximum absolute atomic E-state index is 15.5. The molecule has 3 atom stereocenters. The first kappa shape index (κ1) is 29.0. The van der Waals surface area contributed by atoms with Crippen LogP contribution in [0.1, 0.15) is 49.7 Å². The Kier molecular flexibility index (Phi) is 7.80. The lowest BCUT2D eigenvalue weighted by molar-refractivity contribution is -0.143. The Bertz CT molecular complexity index is 1650. The summed E-state index contributed by atoms with van der Waals surface area (Å²) in [5.74, 6) is -2.22. The zero-order chi connectivity index (χ0) is 29.4. The third kappa shape index (κ3) is 6.07. The van der Waals surface area contributed by atoms with E-state index in [1.807, 2.05) is 6.07 Å². The first-order chi connectivity index (χ1) is 19.4. The second-order valence-electron chi connectivity index (χ2n) is 10.4. The number of nitrogens with zero attached hydrogens (tertiary/aromatic N) is 5. The van der Waals surface area contributed by atoms with Crippen LogP contribution in [0.5, 0.6) is 5.75 Å². The molecule has 10 nitrogen and oxygen atoms in total. The van der Waals surface area contributed by atoms with Gasteiger partial charge in [0.05, 0.1) is 34.5 Å². The van der Waals surface area contributed by atoms with Gasteiger partial charge in [0.15, 0.2) is 6.79 Å². The van der Waals surface area contributed by atoms with Crippen LogP contribution >= 0.6 is 19.2 Å². The number of rotatable bonds is 4. The molecule has 41 heavy (non-hydrogen) atoms. The summed E-state index contributed by atoms with van der Waals surface area (Å²) < 4.78 is 68.7. The van der Waals surface area contributed by atoms with Gasteiger partial charge in [0.25, 0.3) is 0 Å². The molecule has 5 rings (SSSR count). The Morgan fingerprint density at radius 1 is 1.27 bits per heavy atom. The lowest BCUT2D eigenvalue weighted by Gasteiger charge is -2.39. The van der Waals surface area contributed by atoms with Crippen molar-refractivity contribution in [2.24, 2.45) is 0 Å². The minimum absolute atomic E-state index is 0.00543. The molecular weight excluding hydrogens is 575 g/mol. The van der Waals surface area contributed by atoms with E-state index >= 15 is 4.39 Å². The van der Waals surface area contributed by atoms with Crippen LogP contribution in [0.15, 0.2) is 54.4 Å². The van der Waals surface area contributed by atoms with Crippen molar-refractivity contribution in [1.82, 2.24) is 19.7 Å². The van der Waals surface area contributed by atoms with Crippen molar-refractivity contribution in [1.29, 1.82) is 5.26 Å². The van der Waals surface area contributed by atoms with E-state index < -0.39 is 43.4 Å². The van der Waals surface area contributed by atoms with Gasteiger partial charge in [-0.2, -0.15) is 10.4 Å². The number of hydrogen-bond acceptors (Lipinski definition) is 10. The van der Waals surface area contributed by atoms with E-state index in [-0.39, 0.29) is 23.4 Å². The summed E-state index contributed by atoms with van der Waals surface area (Å²) in [6.45, 7) is 6.02. The van der Waals surface area contributed by atoms with Crippen LogP contribution in [-0.2, 0) is 30.5 Å². The third-order valence-electron chi connectivity index (χ3n) is 6.35. The van der Waals surface area contributed by atoms with Crippen molar-refractivity contribution >= 4 is 19.2 Å². The van der Waals surface area contributed by atoms with Crippen LogP contribution in [0.4, 0.5) is 8.78 Å². The summed E-state index contributed by atoms with van der Waals surface area (Å²) in [5.41, 5.74) is -1.42. The summed E-state index contributed by atoms with van der Waals surface area (Å²) in [4.78, 5) is 8.79. The fraction of sp³-hybridized carbons (Fsp3) is 0.333. The van der Waals surface area contributed by atoms with E-state index in [2.05, 4.69) is 10.1 Å². The van der Waals surface area contributed by atoms with Crippen LogP contribution in [0, 0.1) is 23.0 Å². The molecule has 2 aromatic carbocycles. The van der Waals surface area contributed by atoms with Crippen LogP contribution in [-0.4, -0.2) is 32.1 Å². The van der Waals surface area contributed by atoms with E-state index in [4.69, 9.17) is 23.3 Å². The molecule has 0 fully saturated rings. The zero-order valence-corrected chi connectivity index (χ0v) is 24.3. The molecule has 0 amide bonds.